The fraction of sp³-hybridized carbons (Fsp3) is 0.375. The summed E-state index contributed by atoms with van der Waals surface area (Å²) in [6, 6.07) is 3.80. The average molecular weight is 347 g/mol. The van der Waals surface area contributed by atoms with E-state index in [0.29, 0.717) is 5.56 Å². The number of hydrogen-bond acceptors (Lipinski definition) is 3. The van der Waals surface area contributed by atoms with Gasteiger partial charge in [-0.25, -0.2) is 9.18 Å². The van der Waals surface area contributed by atoms with Crippen LogP contribution in [0.3, 0.4) is 0 Å². The number of halogens is 4. The van der Waals surface area contributed by atoms with Crippen LogP contribution >= 0.6 is 0 Å². The molecule has 1 aromatic rings. The van der Waals surface area contributed by atoms with Gasteiger partial charge in [0.15, 0.2) is 0 Å². The minimum atomic E-state index is -5.07. The summed E-state index contributed by atoms with van der Waals surface area (Å²) in [7, 11) is 0. The van der Waals surface area contributed by atoms with Crippen LogP contribution in [0.25, 0.3) is 6.08 Å². The summed E-state index contributed by atoms with van der Waals surface area (Å²) in [6.07, 6.45) is -3.76. The molecule has 1 rings (SSSR count). The van der Waals surface area contributed by atoms with Crippen molar-refractivity contribution < 1.29 is 31.9 Å². The van der Waals surface area contributed by atoms with Crippen LogP contribution in [0.15, 0.2) is 29.8 Å². The van der Waals surface area contributed by atoms with Crippen molar-refractivity contribution in [3.05, 3.63) is 41.2 Å². The lowest BCUT2D eigenvalue weighted by Gasteiger charge is -2.20. The summed E-state index contributed by atoms with van der Waals surface area (Å²) >= 11 is 0. The molecule has 0 aromatic heterocycles. The molecule has 24 heavy (non-hydrogen) atoms. The van der Waals surface area contributed by atoms with Gasteiger partial charge < -0.3 is 10.1 Å². The highest BCUT2D eigenvalue weighted by Crippen LogP contribution is 2.19. The quantitative estimate of drug-likeness (QED) is 0.488. The first kappa shape index (κ1) is 19.7. The van der Waals surface area contributed by atoms with Gasteiger partial charge in [0.2, 0.25) is 0 Å². The molecule has 132 valence electrons. The average Bonchev–Trinajstić information content (AvgIpc) is 2.51. The number of rotatable bonds is 6. The van der Waals surface area contributed by atoms with Crippen LogP contribution in [-0.2, 0) is 14.3 Å². The first-order valence-corrected chi connectivity index (χ1v) is 7.21. The molecule has 0 spiro atoms. The van der Waals surface area contributed by atoms with E-state index in [2.05, 4.69) is 0 Å². The summed E-state index contributed by atoms with van der Waals surface area (Å²) in [5.41, 5.74) is 0.239. The number of benzene rings is 1. The number of alkyl halides is 3. The van der Waals surface area contributed by atoms with Gasteiger partial charge in [0, 0.05) is 0 Å². The number of hydrogen-bond donors (Lipinski definition) is 1. The Bertz CT molecular complexity index is 609. The lowest BCUT2D eigenvalue weighted by Crippen LogP contribution is -2.45. The molecule has 1 atom stereocenters. The van der Waals surface area contributed by atoms with Gasteiger partial charge in [-0.2, -0.15) is 13.2 Å². The third-order valence-electron chi connectivity index (χ3n) is 3.05. The maximum atomic E-state index is 12.9. The van der Waals surface area contributed by atoms with E-state index in [4.69, 9.17) is 4.74 Å². The van der Waals surface area contributed by atoms with Crippen LogP contribution in [0.4, 0.5) is 17.6 Å². The number of ether oxygens (including phenoxy) is 1. The molecule has 0 fully saturated rings. The molecule has 1 N–H and O–H groups in total. The van der Waals surface area contributed by atoms with Gasteiger partial charge in [-0.15, -0.1) is 0 Å². The fourth-order valence-corrected chi connectivity index (χ4v) is 1.89. The van der Waals surface area contributed by atoms with Gasteiger partial charge in [-0.3, -0.25) is 4.79 Å². The molecule has 0 aliphatic rings. The maximum Gasteiger partial charge on any atom is 0.471 e. The van der Waals surface area contributed by atoms with Crippen molar-refractivity contribution in [2.24, 2.45) is 0 Å². The molecule has 0 bridgehead atoms. The first-order valence-electron chi connectivity index (χ1n) is 7.21. The van der Waals surface area contributed by atoms with Gasteiger partial charge in [-0.1, -0.05) is 19.1 Å². The summed E-state index contributed by atoms with van der Waals surface area (Å²) in [5.74, 6) is -3.50. The zero-order chi connectivity index (χ0) is 18.3. The standard InChI is InChI=1S/C16H17F4NO3/c1-3-13(21-15(23)16(18,19)20)12(14(22)24-4-2)9-10-5-7-11(17)8-6-10/h5-9,13H,3-4H2,1-2H3,(H,21,23)/b12-9+/t13-/m1/s1. The van der Waals surface area contributed by atoms with Crippen molar-refractivity contribution in [1.82, 2.24) is 5.32 Å². The Balaban J connectivity index is 3.17. The zero-order valence-electron chi connectivity index (χ0n) is 13.1. The van der Waals surface area contributed by atoms with Crippen molar-refractivity contribution in [2.45, 2.75) is 32.5 Å². The molecular weight excluding hydrogens is 330 g/mol. The van der Waals surface area contributed by atoms with E-state index in [-0.39, 0.29) is 18.6 Å². The Labute approximate surface area is 136 Å². The summed E-state index contributed by atoms with van der Waals surface area (Å²) in [6.45, 7) is 3.07. The van der Waals surface area contributed by atoms with Gasteiger partial charge in [0.25, 0.3) is 0 Å². The normalized spacial score (nSPS) is 13.3. The van der Waals surface area contributed by atoms with Gasteiger partial charge >= 0.3 is 18.1 Å². The second-order valence-electron chi connectivity index (χ2n) is 4.80. The first-order chi connectivity index (χ1) is 11.2. The monoisotopic (exact) mass is 347 g/mol. The molecule has 8 heteroatoms. The van der Waals surface area contributed by atoms with Gasteiger partial charge in [0.05, 0.1) is 18.2 Å². The van der Waals surface area contributed by atoms with Crippen molar-refractivity contribution in [2.75, 3.05) is 6.61 Å². The van der Waals surface area contributed by atoms with Crippen LogP contribution in [0, 0.1) is 5.82 Å². The number of esters is 1. The smallest absolute Gasteiger partial charge is 0.463 e. The van der Waals surface area contributed by atoms with Crippen LogP contribution in [0.2, 0.25) is 0 Å². The molecule has 0 saturated carbocycles. The minimum absolute atomic E-state index is 0.0171. The topological polar surface area (TPSA) is 55.4 Å². The predicted octanol–water partition coefficient (Wildman–Crippen LogP) is 3.23. The van der Waals surface area contributed by atoms with Crippen molar-refractivity contribution in [3.63, 3.8) is 0 Å². The van der Waals surface area contributed by atoms with Crippen molar-refractivity contribution in [1.29, 1.82) is 0 Å². The van der Waals surface area contributed by atoms with Crippen LogP contribution in [0.5, 0.6) is 0 Å². The van der Waals surface area contributed by atoms with E-state index < -0.39 is 29.9 Å². The third kappa shape index (κ3) is 5.68. The molecule has 0 radical (unpaired) electrons. The summed E-state index contributed by atoms with van der Waals surface area (Å²) < 4.78 is 55.1. The molecule has 4 nitrogen and oxygen atoms in total. The lowest BCUT2D eigenvalue weighted by molar-refractivity contribution is -0.174. The number of carbonyl (C=O) groups is 2. The number of carbonyl (C=O) groups excluding carboxylic acids is 2. The van der Waals surface area contributed by atoms with Gasteiger partial charge in [0.1, 0.15) is 5.82 Å². The SMILES string of the molecule is CCOC(=O)/C(=C/c1ccc(F)cc1)[C@@H](CC)NC(=O)C(F)(F)F. The summed E-state index contributed by atoms with van der Waals surface area (Å²) in [5, 5.41) is 1.77. The second kappa shape index (κ2) is 8.47. The Morgan fingerprint density at radius 1 is 1.21 bits per heavy atom. The van der Waals surface area contributed by atoms with Crippen molar-refractivity contribution >= 4 is 18.0 Å². The summed E-state index contributed by atoms with van der Waals surface area (Å²) in [4.78, 5) is 23.2. The second-order valence-corrected chi connectivity index (χ2v) is 4.80. The van der Waals surface area contributed by atoms with Crippen LogP contribution in [0.1, 0.15) is 25.8 Å². The molecule has 0 aliphatic carbocycles. The fourth-order valence-electron chi connectivity index (χ4n) is 1.89. The van der Waals surface area contributed by atoms with E-state index in [1.165, 1.54) is 25.1 Å². The molecular formula is C16H17F4NO3. The molecule has 0 saturated heterocycles. The molecule has 0 heterocycles. The van der Waals surface area contributed by atoms with Crippen molar-refractivity contribution in [3.8, 4) is 0 Å². The number of amides is 1. The molecule has 1 aromatic carbocycles. The van der Waals surface area contributed by atoms with E-state index in [9.17, 15) is 27.2 Å². The highest BCUT2D eigenvalue weighted by molar-refractivity contribution is 5.96. The van der Waals surface area contributed by atoms with Gasteiger partial charge in [-0.05, 0) is 37.1 Å². The Morgan fingerprint density at radius 3 is 2.25 bits per heavy atom. The largest absolute Gasteiger partial charge is 0.471 e. The lowest BCUT2D eigenvalue weighted by atomic mass is 10.0. The highest BCUT2D eigenvalue weighted by Gasteiger charge is 2.40. The molecule has 0 unspecified atom stereocenters. The molecule has 0 aliphatic heterocycles. The third-order valence-corrected chi connectivity index (χ3v) is 3.05. The maximum absolute atomic E-state index is 12.9. The minimum Gasteiger partial charge on any atom is -0.463 e. The highest BCUT2D eigenvalue weighted by atomic mass is 19.4. The Morgan fingerprint density at radius 2 is 1.79 bits per heavy atom. The van der Waals surface area contributed by atoms with E-state index >= 15 is 0 Å². The zero-order valence-corrected chi connectivity index (χ0v) is 13.1. The predicted molar refractivity (Wildman–Crippen MR) is 79.3 cm³/mol. The van der Waals surface area contributed by atoms with Crippen LogP contribution < -0.4 is 5.32 Å². The number of nitrogens with one attached hydrogen (secondary N) is 1. The molecule has 1 amide bonds. The van der Waals surface area contributed by atoms with E-state index in [1.807, 2.05) is 0 Å². The Kier molecular flexibility index (Phi) is 6.94. The van der Waals surface area contributed by atoms with E-state index in [0.717, 1.165) is 12.1 Å². The Hall–Kier alpha value is -2.38. The van der Waals surface area contributed by atoms with E-state index in [1.54, 1.807) is 12.2 Å². The van der Waals surface area contributed by atoms with Crippen LogP contribution in [-0.4, -0.2) is 30.7 Å².